The molecule has 1 fully saturated rings. The van der Waals surface area contributed by atoms with Crippen LogP contribution in [0.3, 0.4) is 0 Å². The maximum Gasteiger partial charge on any atom is 0.0620 e. The molecule has 2 rings (SSSR count). The van der Waals surface area contributed by atoms with Crippen LogP contribution in [0.1, 0.15) is 31.4 Å². The van der Waals surface area contributed by atoms with E-state index in [0.29, 0.717) is 12.1 Å². The molecule has 1 aromatic carbocycles. The normalized spacial score (nSPS) is 21.1. The molecule has 20 heavy (non-hydrogen) atoms. The molecule has 3 heteroatoms. The minimum absolute atomic E-state index is 0.504. The average Bonchev–Trinajstić information content (AvgIpc) is 2.47. The van der Waals surface area contributed by atoms with Crippen LogP contribution < -0.4 is 5.32 Å². The van der Waals surface area contributed by atoms with E-state index in [1.165, 1.54) is 11.1 Å². The van der Waals surface area contributed by atoms with E-state index in [0.717, 1.165) is 39.3 Å². The van der Waals surface area contributed by atoms with Crippen molar-refractivity contribution in [1.82, 2.24) is 10.2 Å². The Morgan fingerprint density at radius 3 is 2.85 bits per heavy atom. The monoisotopic (exact) mass is 276 g/mol. The summed E-state index contributed by atoms with van der Waals surface area (Å²) in [7, 11) is 0. The zero-order chi connectivity index (χ0) is 14.4. The molecule has 2 atom stereocenters. The molecule has 0 aliphatic carbocycles. The van der Waals surface area contributed by atoms with Crippen LogP contribution in [0.15, 0.2) is 24.3 Å². The highest BCUT2D eigenvalue weighted by molar-refractivity contribution is 5.25. The van der Waals surface area contributed by atoms with Gasteiger partial charge in [-0.05, 0) is 37.9 Å². The van der Waals surface area contributed by atoms with Crippen LogP contribution in [-0.4, -0.2) is 43.3 Å². The summed E-state index contributed by atoms with van der Waals surface area (Å²) < 4.78 is 5.55. The highest BCUT2D eigenvalue weighted by Gasteiger charge is 2.20. The fourth-order valence-electron chi connectivity index (χ4n) is 2.92. The Hall–Kier alpha value is -0.900. The molecule has 0 bridgehead atoms. The van der Waals surface area contributed by atoms with E-state index in [2.05, 4.69) is 55.3 Å². The molecule has 0 amide bonds. The van der Waals surface area contributed by atoms with Gasteiger partial charge >= 0.3 is 0 Å². The quantitative estimate of drug-likeness (QED) is 0.864. The first-order valence-corrected chi connectivity index (χ1v) is 7.80. The molecule has 0 spiro atoms. The van der Waals surface area contributed by atoms with E-state index in [1.807, 2.05) is 0 Å². The standard InChI is InChI=1S/C17H28N2O/c1-4-19(12-16-8-6-5-7-14(16)2)15(3)11-17-13-20-10-9-18-17/h5-8,15,17-18H,4,9-13H2,1-3H3. The molecule has 1 aliphatic rings. The summed E-state index contributed by atoms with van der Waals surface area (Å²) in [5.74, 6) is 0. The second-order valence-corrected chi connectivity index (χ2v) is 5.80. The van der Waals surface area contributed by atoms with Crippen LogP contribution in [0.25, 0.3) is 0 Å². The van der Waals surface area contributed by atoms with Crippen molar-refractivity contribution >= 4 is 0 Å². The maximum atomic E-state index is 5.55. The predicted octanol–water partition coefficient (Wildman–Crippen LogP) is 2.58. The molecule has 0 saturated carbocycles. The van der Waals surface area contributed by atoms with Crippen molar-refractivity contribution < 1.29 is 4.74 Å². The zero-order valence-electron chi connectivity index (χ0n) is 13.1. The summed E-state index contributed by atoms with van der Waals surface area (Å²) in [5.41, 5.74) is 2.83. The van der Waals surface area contributed by atoms with Gasteiger partial charge in [0.1, 0.15) is 0 Å². The lowest BCUT2D eigenvalue weighted by molar-refractivity contribution is 0.0615. The number of benzene rings is 1. The van der Waals surface area contributed by atoms with E-state index in [-0.39, 0.29) is 0 Å². The van der Waals surface area contributed by atoms with E-state index >= 15 is 0 Å². The van der Waals surface area contributed by atoms with Gasteiger partial charge in [-0.15, -0.1) is 0 Å². The number of ether oxygens (including phenoxy) is 1. The Bertz CT molecular complexity index is 402. The molecule has 3 nitrogen and oxygen atoms in total. The molecule has 1 saturated heterocycles. The summed E-state index contributed by atoms with van der Waals surface area (Å²) in [6.07, 6.45) is 1.15. The number of rotatable bonds is 6. The Kier molecular flexibility index (Phi) is 6.02. The van der Waals surface area contributed by atoms with Crippen LogP contribution in [0.4, 0.5) is 0 Å². The van der Waals surface area contributed by atoms with Crippen LogP contribution >= 0.6 is 0 Å². The van der Waals surface area contributed by atoms with Gasteiger partial charge in [0.15, 0.2) is 0 Å². The molecular weight excluding hydrogens is 248 g/mol. The number of aryl methyl sites for hydroxylation is 1. The summed E-state index contributed by atoms with van der Waals surface area (Å²) in [6.45, 7) is 11.6. The molecule has 1 N–H and O–H groups in total. The minimum atomic E-state index is 0.504. The number of nitrogens with zero attached hydrogens (tertiary/aromatic N) is 1. The number of hydrogen-bond acceptors (Lipinski definition) is 3. The van der Waals surface area contributed by atoms with E-state index in [1.54, 1.807) is 0 Å². The smallest absolute Gasteiger partial charge is 0.0620 e. The Morgan fingerprint density at radius 1 is 1.40 bits per heavy atom. The summed E-state index contributed by atoms with van der Waals surface area (Å²) >= 11 is 0. The third-order valence-electron chi connectivity index (χ3n) is 4.29. The molecule has 0 aromatic heterocycles. The predicted molar refractivity (Wildman–Crippen MR) is 84.0 cm³/mol. The van der Waals surface area contributed by atoms with Gasteiger partial charge in [-0.2, -0.15) is 0 Å². The highest BCUT2D eigenvalue weighted by Crippen LogP contribution is 2.15. The van der Waals surface area contributed by atoms with Gasteiger partial charge in [0, 0.05) is 25.2 Å². The Labute approximate surface area is 123 Å². The van der Waals surface area contributed by atoms with Gasteiger partial charge in [0.2, 0.25) is 0 Å². The second-order valence-electron chi connectivity index (χ2n) is 5.80. The van der Waals surface area contributed by atoms with Crippen LogP contribution in [0.2, 0.25) is 0 Å². The first-order chi connectivity index (χ1) is 9.70. The molecular formula is C17H28N2O. The van der Waals surface area contributed by atoms with Crippen molar-refractivity contribution in [2.24, 2.45) is 0 Å². The van der Waals surface area contributed by atoms with Gasteiger partial charge in [0.25, 0.3) is 0 Å². The van der Waals surface area contributed by atoms with Crippen LogP contribution in [0.5, 0.6) is 0 Å². The Balaban J connectivity index is 1.91. The first kappa shape index (κ1) is 15.5. The molecule has 1 heterocycles. The van der Waals surface area contributed by atoms with Crippen molar-refractivity contribution in [1.29, 1.82) is 0 Å². The minimum Gasteiger partial charge on any atom is -0.379 e. The van der Waals surface area contributed by atoms with Crippen molar-refractivity contribution in [3.63, 3.8) is 0 Å². The molecule has 1 aliphatic heterocycles. The molecule has 2 unspecified atom stereocenters. The van der Waals surface area contributed by atoms with Gasteiger partial charge in [-0.3, -0.25) is 4.90 Å². The van der Waals surface area contributed by atoms with E-state index in [9.17, 15) is 0 Å². The number of morpholine rings is 1. The molecule has 112 valence electrons. The lowest BCUT2D eigenvalue weighted by Gasteiger charge is -2.33. The topological polar surface area (TPSA) is 24.5 Å². The third kappa shape index (κ3) is 4.30. The van der Waals surface area contributed by atoms with Crippen LogP contribution in [0, 0.1) is 6.92 Å². The second kappa shape index (κ2) is 7.77. The van der Waals surface area contributed by atoms with Crippen molar-refractivity contribution in [3.05, 3.63) is 35.4 Å². The van der Waals surface area contributed by atoms with Gasteiger partial charge < -0.3 is 10.1 Å². The summed E-state index contributed by atoms with van der Waals surface area (Å²) in [5, 5.41) is 3.55. The van der Waals surface area contributed by atoms with Gasteiger partial charge in [-0.25, -0.2) is 0 Å². The molecule has 0 radical (unpaired) electrons. The molecule has 1 aromatic rings. The number of hydrogen-bond donors (Lipinski definition) is 1. The van der Waals surface area contributed by atoms with Gasteiger partial charge in [0.05, 0.1) is 13.2 Å². The zero-order valence-corrected chi connectivity index (χ0v) is 13.1. The van der Waals surface area contributed by atoms with Crippen molar-refractivity contribution in [2.45, 2.75) is 45.8 Å². The number of nitrogens with one attached hydrogen (secondary N) is 1. The highest BCUT2D eigenvalue weighted by atomic mass is 16.5. The Morgan fingerprint density at radius 2 is 2.20 bits per heavy atom. The largest absolute Gasteiger partial charge is 0.379 e. The van der Waals surface area contributed by atoms with E-state index in [4.69, 9.17) is 4.74 Å². The lowest BCUT2D eigenvalue weighted by Crippen LogP contribution is -2.45. The van der Waals surface area contributed by atoms with E-state index < -0.39 is 0 Å². The first-order valence-electron chi connectivity index (χ1n) is 7.80. The lowest BCUT2D eigenvalue weighted by atomic mass is 10.0. The van der Waals surface area contributed by atoms with Gasteiger partial charge in [-0.1, -0.05) is 31.2 Å². The van der Waals surface area contributed by atoms with Crippen LogP contribution in [-0.2, 0) is 11.3 Å². The third-order valence-corrected chi connectivity index (χ3v) is 4.29. The summed E-state index contributed by atoms with van der Waals surface area (Å²) in [6, 6.07) is 9.76. The van der Waals surface area contributed by atoms with Crippen molar-refractivity contribution in [3.8, 4) is 0 Å². The fourth-order valence-corrected chi connectivity index (χ4v) is 2.92. The SMILES string of the molecule is CCN(Cc1ccccc1C)C(C)CC1COCCN1. The maximum absolute atomic E-state index is 5.55. The van der Waals surface area contributed by atoms with Crippen molar-refractivity contribution in [2.75, 3.05) is 26.3 Å². The average molecular weight is 276 g/mol. The fraction of sp³-hybridized carbons (Fsp3) is 0.647. The summed E-state index contributed by atoms with van der Waals surface area (Å²) in [4.78, 5) is 2.55.